The van der Waals surface area contributed by atoms with E-state index in [4.69, 9.17) is 9.47 Å². The number of non-ortho nitro benzene ring substituents is 1. The molecule has 3 rings (SSSR count). The second kappa shape index (κ2) is 9.03. The third-order valence-electron chi connectivity index (χ3n) is 4.22. The highest BCUT2D eigenvalue weighted by Gasteiger charge is 2.19. The third-order valence-corrected chi connectivity index (χ3v) is 4.22. The largest absolute Gasteiger partial charge is 0.478 e. The number of aromatic nitrogens is 2. The predicted octanol–water partition coefficient (Wildman–Crippen LogP) is 1.81. The molecule has 0 spiro atoms. The van der Waals surface area contributed by atoms with Crippen molar-refractivity contribution in [1.82, 2.24) is 9.66 Å². The highest BCUT2D eigenvalue weighted by Crippen LogP contribution is 2.24. The summed E-state index contributed by atoms with van der Waals surface area (Å²) in [5.41, 5.74) is -1.27. The molecule has 3 aromatic rings. The zero-order valence-corrected chi connectivity index (χ0v) is 16.6. The Morgan fingerprint density at radius 2 is 2.03 bits per heavy atom. The molecule has 0 aliphatic heterocycles. The van der Waals surface area contributed by atoms with Crippen LogP contribution in [0.1, 0.15) is 19.4 Å². The zero-order valence-electron chi connectivity index (χ0n) is 16.6. The van der Waals surface area contributed by atoms with Gasteiger partial charge < -0.3 is 14.5 Å². The highest BCUT2D eigenvalue weighted by molar-refractivity contribution is 5.85. The first kappa shape index (κ1) is 21.4. The number of ether oxygens (including phenoxy) is 2. The first-order chi connectivity index (χ1) is 14.8. The summed E-state index contributed by atoms with van der Waals surface area (Å²) < 4.78 is 11.0. The number of fused-ring (bicyclic) bond motifs is 1. The van der Waals surface area contributed by atoms with Gasteiger partial charge in [-0.05, 0) is 32.0 Å². The van der Waals surface area contributed by atoms with Gasteiger partial charge in [0.2, 0.25) is 0 Å². The van der Waals surface area contributed by atoms with Crippen LogP contribution in [-0.2, 0) is 9.53 Å². The predicted molar refractivity (Wildman–Crippen MR) is 112 cm³/mol. The molecule has 1 atom stereocenters. The van der Waals surface area contributed by atoms with Crippen molar-refractivity contribution in [1.29, 1.82) is 0 Å². The van der Waals surface area contributed by atoms with Crippen LogP contribution in [0, 0.1) is 10.1 Å². The smallest absolute Gasteiger partial charge is 0.349 e. The molecule has 11 heteroatoms. The monoisotopic (exact) mass is 426 g/mol. The maximum Gasteiger partial charge on any atom is 0.349 e. The molecule has 0 fully saturated rings. The van der Waals surface area contributed by atoms with Gasteiger partial charge in [-0.1, -0.05) is 12.1 Å². The van der Waals surface area contributed by atoms with E-state index in [0.717, 1.165) is 12.3 Å². The topological polar surface area (TPSA) is 146 Å². The molecule has 0 unspecified atom stereocenters. The highest BCUT2D eigenvalue weighted by atomic mass is 16.6. The van der Waals surface area contributed by atoms with Gasteiger partial charge in [0.1, 0.15) is 5.75 Å². The third kappa shape index (κ3) is 4.66. The molecule has 31 heavy (non-hydrogen) atoms. The number of esters is 1. The van der Waals surface area contributed by atoms with Crippen molar-refractivity contribution in [3.05, 3.63) is 79.0 Å². The standard InChI is InChI=1S/C20H18N4O7/c1-3-30-19(26)12(2)31-17-9-8-14(24(28)29)10-13(17)11-21-23-18(25)15-6-4-5-7-16(15)22-20(23)27/h4-12H,3H2,1-2H3,(H,22,27)/t12-/m1/s1. The summed E-state index contributed by atoms with van der Waals surface area (Å²) in [4.78, 5) is 49.8. The molecule has 160 valence electrons. The van der Waals surface area contributed by atoms with Crippen molar-refractivity contribution in [3.8, 4) is 5.75 Å². The van der Waals surface area contributed by atoms with Crippen molar-refractivity contribution in [2.24, 2.45) is 5.10 Å². The average Bonchev–Trinajstić information content (AvgIpc) is 2.74. The molecule has 0 aliphatic carbocycles. The summed E-state index contributed by atoms with van der Waals surface area (Å²) in [6, 6.07) is 10.1. The Bertz CT molecular complexity index is 1290. The average molecular weight is 426 g/mol. The molecule has 2 aromatic carbocycles. The van der Waals surface area contributed by atoms with Crippen LogP contribution < -0.4 is 16.0 Å². The van der Waals surface area contributed by atoms with Gasteiger partial charge in [-0.15, -0.1) is 4.68 Å². The van der Waals surface area contributed by atoms with E-state index >= 15 is 0 Å². The van der Waals surface area contributed by atoms with E-state index in [1.165, 1.54) is 25.1 Å². The fourth-order valence-electron chi connectivity index (χ4n) is 2.73. The van der Waals surface area contributed by atoms with E-state index < -0.39 is 28.2 Å². The number of nitro benzene ring substituents is 1. The van der Waals surface area contributed by atoms with Crippen LogP contribution in [0.4, 0.5) is 5.69 Å². The van der Waals surface area contributed by atoms with Gasteiger partial charge in [0.05, 0.1) is 28.6 Å². The SMILES string of the molecule is CCOC(=O)[C@@H](C)Oc1ccc([N+](=O)[O-])cc1C=Nn1c(=O)[nH]c2ccccc2c1=O. The number of carbonyl (C=O) groups excluding carboxylic acids is 1. The lowest BCUT2D eigenvalue weighted by Gasteiger charge is -2.14. The Morgan fingerprint density at radius 1 is 1.29 bits per heavy atom. The Hall–Kier alpha value is -4.28. The van der Waals surface area contributed by atoms with Crippen LogP contribution in [0.2, 0.25) is 0 Å². The lowest BCUT2D eigenvalue weighted by molar-refractivity contribution is -0.384. The molecule has 0 aliphatic rings. The number of aromatic amines is 1. The molecule has 0 amide bonds. The van der Waals surface area contributed by atoms with Crippen molar-refractivity contribution < 1.29 is 19.2 Å². The lowest BCUT2D eigenvalue weighted by Crippen LogP contribution is -2.32. The van der Waals surface area contributed by atoms with Gasteiger partial charge >= 0.3 is 11.7 Å². The number of rotatable bonds is 7. The molecule has 1 aromatic heterocycles. The number of nitrogens with zero attached hydrogens (tertiary/aromatic N) is 3. The Balaban J connectivity index is 2.04. The molecular formula is C20H18N4O7. The fourth-order valence-corrected chi connectivity index (χ4v) is 2.73. The molecule has 1 N–H and O–H groups in total. The minimum Gasteiger partial charge on any atom is -0.478 e. The summed E-state index contributed by atoms with van der Waals surface area (Å²) >= 11 is 0. The minimum absolute atomic E-state index is 0.0835. The van der Waals surface area contributed by atoms with Gasteiger partial charge in [0, 0.05) is 17.7 Å². The second-order valence-electron chi connectivity index (χ2n) is 6.33. The molecule has 0 saturated heterocycles. The van der Waals surface area contributed by atoms with E-state index in [-0.39, 0.29) is 29.0 Å². The van der Waals surface area contributed by atoms with Crippen LogP contribution in [-0.4, -0.2) is 39.5 Å². The quantitative estimate of drug-likeness (QED) is 0.262. The minimum atomic E-state index is -1.000. The Kier molecular flexibility index (Phi) is 6.24. The maximum absolute atomic E-state index is 12.6. The van der Waals surface area contributed by atoms with E-state index in [2.05, 4.69) is 10.1 Å². The van der Waals surface area contributed by atoms with Crippen molar-refractivity contribution >= 4 is 28.8 Å². The summed E-state index contributed by atoms with van der Waals surface area (Å²) in [7, 11) is 0. The van der Waals surface area contributed by atoms with Gasteiger partial charge in [-0.2, -0.15) is 5.10 Å². The lowest BCUT2D eigenvalue weighted by atomic mass is 10.2. The number of carbonyl (C=O) groups is 1. The Morgan fingerprint density at radius 3 is 2.74 bits per heavy atom. The van der Waals surface area contributed by atoms with Crippen LogP contribution in [0.25, 0.3) is 10.9 Å². The van der Waals surface area contributed by atoms with Crippen molar-refractivity contribution in [2.75, 3.05) is 6.61 Å². The van der Waals surface area contributed by atoms with Gasteiger partial charge in [0.25, 0.3) is 11.2 Å². The van der Waals surface area contributed by atoms with Gasteiger partial charge in [-0.25, -0.2) is 9.59 Å². The maximum atomic E-state index is 12.6. The summed E-state index contributed by atoms with van der Waals surface area (Å²) in [6.45, 7) is 3.26. The van der Waals surface area contributed by atoms with Crippen LogP contribution in [0.3, 0.4) is 0 Å². The zero-order chi connectivity index (χ0) is 22.5. The summed E-state index contributed by atoms with van der Waals surface area (Å²) in [5.74, 6) is -0.536. The van der Waals surface area contributed by atoms with Crippen LogP contribution >= 0.6 is 0 Å². The van der Waals surface area contributed by atoms with E-state index in [0.29, 0.717) is 10.2 Å². The molecule has 1 heterocycles. The number of para-hydroxylation sites is 1. The fraction of sp³-hybridized carbons (Fsp3) is 0.200. The molecule has 11 nitrogen and oxygen atoms in total. The Labute approximate surface area is 174 Å². The summed E-state index contributed by atoms with van der Waals surface area (Å²) in [6.07, 6.45) is 0.0753. The number of hydrogen-bond donors (Lipinski definition) is 1. The van der Waals surface area contributed by atoms with Gasteiger partial charge in [0.15, 0.2) is 6.10 Å². The summed E-state index contributed by atoms with van der Waals surface area (Å²) in [5, 5.41) is 15.3. The first-order valence-corrected chi connectivity index (χ1v) is 9.22. The molecule has 0 bridgehead atoms. The molecule has 0 saturated carbocycles. The van der Waals surface area contributed by atoms with Gasteiger partial charge in [-0.3, -0.25) is 14.9 Å². The van der Waals surface area contributed by atoms with Crippen LogP contribution in [0.5, 0.6) is 5.75 Å². The number of nitrogens with one attached hydrogen (secondary N) is 1. The van der Waals surface area contributed by atoms with E-state index in [9.17, 15) is 24.5 Å². The number of hydrogen-bond acceptors (Lipinski definition) is 8. The van der Waals surface area contributed by atoms with E-state index in [1.807, 2.05) is 0 Å². The number of nitro groups is 1. The second-order valence-corrected chi connectivity index (χ2v) is 6.33. The molecular weight excluding hydrogens is 408 g/mol. The normalized spacial score (nSPS) is 12.1. The van der Waals surface area contributed by atoms with Crippen molar-refractivity contribution in [2.45, 2.75) is 20.0 Å². The number of H-pyrrole nitrogens is 1. The number of benzene rings is 2. The first-order valence-electron chi connectivity index (χ1n) is 9.22. The van der Waals surface area contributed by atoms with E-state index in [1.54, 1.807) is 25.1 Å². The molecule has 0 radical (unpaired) electrons. The van der Waals surface area contributed by atoms with Crippen LogP contribution in [0.15, 0.2) is 57.2 Å². The van der Waals surface area contributed by atoms with Crippen molar-refractivity contribution in [3.63, 3.8) is 0 Å².